The van der Waals surface area contributed by atoms with Crippen molar-refractivity contribution in [2.75, 3.05) is 38.0 Å². The molecule has 2 aromatic rings. The van der Waals surface area contributed by atoms with Gasteiger partial charge in [-0.2, -0.15) is 0 Å². The van der Waals surface area contributed by atoms with Crippen LogP contribution in [0.2, 0.25) is 0 Å². The van der Waals surface area contributed by atoms with Gasteiger partial charge in [0.15, 0.2) is 5.82 Å². The molecule has 2 amide bonds. The maximum absolute atomic E-state index is 12.8. The fraction of sp³-hybridized carbons (Fsp3) is 0.421. The van der Waals surface area contributed by atoms with Crippen LogP contribution in [-0.2, 0) is 4.79 Å². The van der Waals surface area contributed by atoms with Crippen LogP contribution in [0.4, 0.5) is 5.82 Å². The van der Waals surface area contributed by atoms with E-state index in [1.54, 1.807) is 13.0 Å². The van der Waals surface area contributed by atoms with Gasteiger partial charge in [0.2, 0.25) is 5.91 Å². The number of piperazine rings is 1. The molecule has 1 aromatic heterocycles. The fourth-order valence-electron chi connectivity index (χ4n) is 3.06. The third-order valence-electron chi connectivity index (χ3n) is 4.55. The van der Waals surface area contributed by atoms with Crippen molar-refractivity contribution in [3.63, 3.8) is 0 Å². The van der Waals surface area contributed by atoms with Gasteiger partial charge in [-0.3, -0.25) is 14.5 Å². The third kappa shape index (κ3) is 4.29. The minimum atomic E-state index is -0.132. The molecule has 1 fully saturated rings. The second-order valence-electron chi connectivity index (χ2n) is 6.76. The lowest BCUT2D eigenvalue weighted by Crippen LogP contribution is -2.50. The lowest BCUT2D eigenvalue weighted by atomic mass is 10.0. The topological polar surface area (TPSA) is 78.7 Å². The van der Waals surface area contributed by atoms with Gasteiger partial charge in [-0.15, -0.1) is 0 Å². The van der Waals surface area contributed by atoms with Gasteiger partial charge in [-0.1, -0.05) is 22.9 Å². The summed E-state index contributed by atoms with van der Waals surface area (Å²) in [6.45, 7) is 8.56. The first kappa shape index (κ1) is 18.1. The van der Waals surface area contributed by atoms with Crippen LogP contribution in [0.1, 0.15) is 27.2 Å². The average molecular weight is 356 g/mol. The fourth-order valence-corrected chi connectivity index (χ4v) is 3.06. The van der Waals surface area contributed by atoms with E-state index < -0.39 is 0 Å². The van der Waals surface area contributed by atoms with E-state index in [9.17, 15) is 9.59 Å². The number of hydrogen-bond donors (Lipinski definition) is 1. The summed E-state index contributed by atoms with van der Waals surface area (Å²) in [5.41, 5.74) is 2.83. The standard InChI is InChI=1S/C19H24N4O3/c1-13-4-5-14(2)16(10-13)19(25)23-8-6-22(7-9-23)12-18(24)20-17-11-15(3)26-21-17/h4-5,10-11H,6-9,12H2,1-3H3,(H,20,21,24). The molecule has 1 N–H and O–H groups in total. The number of aryl methyl sites for hydroxylation is 3. The van der Waals surface area contributed by atoms with Crippen molar-refractivity contribution < 1.29 is 14.1 Å². The Morgan fingerprint density at radius 1 is 1.12 bits per heavy atom. The molecule has 138 valence electrons. The molecule has 1 aliphatic heterocycles. The first-order valence-electron chi connectivity index (χ1n) is 8.74. The molecule has 0 bridgehead atoms. The van der Waals surface area contributed by atoms with Crippen molar-refractivity contribution in [2.24, 2.45) is 0 Å². The summed E-state index contributed by atoms with van der Waals surface area (Å²) in [5, 5.41) is 6.47. The molecule has 7 nitrogen and oxygen atoms in total. The highest BCUT2D eigenvalue weighted by atomic mass is 16.5. The first-order chi connectivity index (χ1) is 12.4. The van der Waals surface area contributed by atoms with Crippen molar-refractivity contribution >= 4 is 17.6 Å². The number of nitrogens with zero attached hydrogens (tertiary/aromatic N) is 3. The highest BCUT2D eigenvalue weighted by molar-refractivity contribution is 5.96. The van der Waals surface area contributed by atoms with Crippen LogP contribution in [0.15, 0.2) is 28.8 Å². The lowest BCUT2D eigenvalue weighted by Gasteiger charge is -2.34. The van der Waals surface area contributed by atoms with E-state index in [4.69, 9.17) is 4.52 Å². The molecule has 0 unspecified atom stereocenters. The first-order valence-corrected chi connectivity index (χ1v) is 8.74. The zero-order valence-electron chi connectivity index (χ0n) is 15.4. The summed E-state index contributed by atoms with van der Waals surface area (Å²) in [4.78, 5) is 28.7. The van der Waals surface area contributed by atoms with Gasteiger partial charge in [0, 0.05) is 37.8 Å². The molecule has 3 rings (SSSR count). The number of anilines is 1. The van der Waals surface area contributed by atoms with E-state index in [0.717, 1.165) is 16.7 Å². The van der Waals surface area contributed by atoms with Gasteiger partial charge in [0.1, 0.15) is 5.76 Å². The van der Waals surface area contributed by atoms with Crippen LogP contribution < -0.4 is 5.32 Å². The van der Waals surface area contributed by atoms with E-state index in [1.165, 1.54) is 0 Å². The number of carbonyl (C=O) groups is 2. The Kier molecular flexibility index (Phi) is 5.37. The second kappa shape index (κ2) is 7.70. The Morgan fingerprint density at radius 2 is 1.85 bits per heavy atom. The van der Waals surface area contributed by atoms with Crippen LogP contribution in [-0.4, -0.2) is 59.5 Å². The molecule has 0 atom stereocenters. The minimum absolute atomic E-state index is 0.0633. The maximum Gasteiger partial charge on any atom is 0.254 e. The minimum Gasteiger partial charge on any atom is -0.360 e. The molecule has 0 aliphatic carbocycles. The summed E-state index contributed by atoms with van der Waals surface area (Å²) in [5.74, 6) is 1.01. The van der Waals surface area contributed by atoms with Gasteiger partial charge < -0.3 is 14.7 Å². The molecular weight excluding hydrogens is 332 g/mol. The van der Waals surface area contributed by atoms with E-state index in [-0.39, 0.29) is 18.4 Å². The molecular formula is C19H24N4O3. The number of aromatic nitrogens is 1. The van der Waals surface area contributed by atoms with Gasteiger partial charge in [-0.25, -0.2) is 0 Å². The summed E-state index contributed by atoms with van der Waals surface area (Å²) < 4.78 is 4.93. The van der Waals surface area contributed by atoms with E-state index >= 15 is 0 Å². The van der Waals surface area contributed by atoms with E-state index in [1.807, 2.05) is 41.8 Å². The van der Waals surface area contributed by atoms with Crippen LogP contribution in [0.5, 0.6) is 0 Å². The molecule has 0 spiro atoms. The molecule has 0 radical (unpaired) electrons. The summed E-state index contributed by atoms with van der Waals surface area (Å²) in [6.07, 6.45) is 0. The van der Waals surface area contributed by atoms with Gasteiger partial charge in [0.25, 0.3) is 5.91 Å². The van der Waals surface area contributed by atoms with Gasteiger partial charge in [0.05, 0.1) is 6.54 Å². The van der Waals surface area contributed by atoms with Crippen molar-refractivity contribution in [2.45, 2.75) is 20.8 Å². The summed E-state index contributed by atoms with van der Waals surface area (Å²) in [6, 6.07) is 7.61. The van der Waals surface area contributed by atoms with Gasteiger partial charge >= 0.3 is 0 Å². The molecule has 1 saturated heterocycles. The zero-order valence-corrected chi connectivity index (χ0v) is 15.4. The second-order valence-corrected chi connectivity index (χ2v) is 6.76. The van der Waals surface area contributed by atoms with Crippen LogP contribution in [0.25, 0.3) is 0 Å². The number of rotatable bonds is 4. The van der Waals surface area contributed by atoms with Crippen molar-refractivity contribution in [1.82, 2.24) is 15.0 Å². The zero-order chi connectivity index (χ0) is 18.7. The highest BCUT2D eigenvalue weighted by Gasteiger charge is 2.24. The lowest BCUT2D eigenvalue weighted by molar-refractivity contribution is -0.117. The Morgan fingerprint density at radius 3 is 2.50 bits per heavy atom. The van der Waals surface area contributed by atoms with E-state index in [2.05, 4.69) is 10.5 Å². The van der Waals surface area contributed by atoms with Gasteiger partial charge in [-0.05, 0) is 32.4 Å². The largest absolute Gasteiger partial charge is 0.360 e. The van der Waals surface area contributed by atoms with E-state index in [0.29, 0.717) is 37.8 Å². The SMILES string of the molecule is Cc1ccc(C)c(C(=O)N2CCN(CC(=O)Nc3cc(C)on3)CC2)c1. The van der Waals surface area contributed by atoms with Crippen molar-refractivity contribution in [3.8, 4) is 0 Å². The Balaban J connectivity index is 1.51. The average Bonchev–Trinajstić information content (AvgIpc) is 3.01. The Bertz CT molecular complexity index is 807. The third-order valence-corrected chi connectivity index (χ3v) is 4.55. The summed E-state index contributed by atoms with van der Waals surface area (Å²) >= 11 is 0. The van der Waals surface area contributed by atoms with Crippen LogP contribution in [0, 0.1) is 20.8 Å². The normalized spacial score (nSPS) is 15.1. The Labute approximate surface area is 152 Å². The number of nitrogens with one attached hydrogen (secondary N) is 1. The van der Waals surface area contributed by atoms with Crippen molar-refractivity contribution in [3.05, 3.63) is 46.7 Å². The molecule has 1 aliphatic rings. The molecule has 1 aromatic carbocycles. The predicted octanol–water partition coefficient (Wildman–Crippen LogP) is 2.00. The molecule has 2 heterocycles. The number of amides is 2. The smallest absolute Gasteiger partial charge is 0.254 e. The Hall–Kier alpha value is -2.67. The van der Waals surface area contributed by atoms with Crippen molar-refractivity contribution in [1.29, 1.82) is 0 Å². The predicted molar refractivity (Wildman–Crippen MR) is 98.1 cm³/mol. The molecule has 0 saturated carbocycles. The molecule has 7 heteroatoms. The quantitative estimate of drug-likeness (QED) is 0.906. The highest BCUT2D eigenvalue weighted by Crippen LogP contribution is 2.15. The monoisotopic (exact) mass is 356 g/mol. The number of hydrogen-bond acceptors (Lipinski definition) is 5. The van der Waals surface area contributed by atoms with Crippen LogP contribution >= 0.6 is 0 Å². The molecule has 26 heavy (non-hydrogen) atoms. The summed E-state index contributed by atoms with van der Waals surface area (Å²) in [7, 11) is 0. The van der Waals surface area contributed by atoms with Crippen LogP contribution in [0.3, 0.4) is 0 Å². The maximum atomic E-state index is 12.8. The number of carbonyl (C=O) groups excluding carboxylic acids is 2. The number of benzene rings is 1.